The predicted octanol–water partition coefficient (Wildman–Crippen LogP) is 4.54. The first-order valence-electron chi connectivity index (χ1n) is 9.40. The standard InChI is InChI=1S/C23H26ClNO/c24-22-11-6-10-21(19-22)12-13-23(26)14-17-25(18-15-23)16-5-4-9-20-7-2-1-3-8-20/h1-3,6-8,10-11,19,26H,4-5,9,14-18H2. The number of aryl methyl sites for hydroxylation is 1. The molecule has 2 aromatic rings. The Morgan fingerprint density at radius 2 is 1.77 bits per heavy atom. The van der Waals surface area contributed by atoms with E-state index in [1.54, 1.807) is 0 Å². The Morgan fingerprint density at radius 3 is 2.50 bits per heavy atom. The Labute approximate surface area is 161 Å². The lowest BCUT2D eigenvalue weighted by molar-refractivity contribution is 0.0268. The average Bonchev–Trinajstić information content (AvgIpc) is 2.66. The molecule has 1 fully saturated rings. The summed E-state index contributed by atoms with van der Waals surface area (Å²) in [6.45, 7) is 2.92. The van der Waals surface area contributed by atoms with Crippen molar-refractivity contribution in [3.8, 4) is 11.8 Å². The zero-order valence-electron chi connectivity index (χ0n) is 15.1. The summed E-state index contributed by atoms with van der Waals surface area (Å²) in [5.41, 5.74) is 1.40. The normalized spacial score (nSPS) is 16.7. The quantitative estimate of drug-likeness (QED) is 0.619. The largest absolute Gasteiger partial charge is 0.377 e. The van der Waals surface area contributed by atoms with Crippen molar-refractivity contribution >= 4 is 11.6 Å². The van der Waals surface area contributed by atoms with Crippen LogP contribution in [0.4, 0.5) is 0 Å². The lowest BCUT2D eigenvalue weighted by Gasteiger charge is -2.35. The minimum absolute atomic E-state index is 0.675. The van der Waals surface area contributed by atoms with E-state index in [9.17, 15) is 5.11 Å². The van der Waals surface area contributed by atoms with Crippen LogP contribution in [0.25, 0.3) is 0 Å². The van der Waals surface area contributed by atoms with Crippen molar-refractivity contribution in [3.63, 3.8) is 0 Å². The molecule has 2 nitrogen and oxygen atoms in total. The van der Waals surface area contributed by atoms with Crippen LogP contribution in [0.3, 0.4) is 0 Å². The van der Waals surface area contributed by atoms with Gasteiger partial charge in [-0.25, -0.2) is 0 Å². The van der Waals surface area contributed by atoms with Gasteiger partial charge in [0, 0.05) is 36.5 Å². The van der Waals surface area contributed by atoms with Gasteiger partial charge in [-0.05, 0) is 49.6 Å². The van der Waals surface area contributed by atoms with Gasteiger partial charge in [-0.15, -0.1) is 0 Å². The first-order valence-corrected chi connectivity index (χ1v) is 9.78. The summed E-state index contributed by atoms with van der Waals surface area (Å²) in [5, 5.41) is 11.4. The second-order valence-corrected chi connectivity index (χ2v) is 7.51. The number of halogens is 1. The maximum atomic E-state index is 10.7. The second kappa shape index (κ2) is 9.24. The van der Waals surface area contributed by atoms with Gasteiger partial charge in [0.2, 0.25) is 0 Å². The van der Waals surface area contributed by atoms with Crippen LogP contribution in [0.1, 0.15) is 36.8 Å². The Morgan fingerprint density at radius 1 is 1.00 bits per heavy atom. The summed E-state index contributed by atoms with van der Waals surface area (Å²) < 4.78 is 0. The van der Waals surface area contributed by atoms with Crippen LogP contribution in [-0.2, 0) is 6.42 Å². The third kappa shape index (κ3) is 5.88. The molecule has 0 radical (unpaired) electrons. The van der Waals surface area contributed by atoms with Gasteiger partial charge in [0.05, 0.1) is 0 Å². The van der Waals surface area contributed by atoms with E-state index < -0.39 is 5.60 Å². The zero-order valence-corrected chi connectivity index (χ0v) is 15.9. The van der Waals surface area contributed by atoms with Crippen LogP contribution in [-0.4, -0.2) is 35.2 Å². The monoisotopic (exact) mass is 367 g/mol. The SMILES string of the molecule is OC1(C#Cc2cccc(Cl)c2)CCN(CCCCc2ccccc2)CC1. The molecule has 3 rings (SSSR count). The highest BCUT2D eigenvalue weighted by Gasteiger charge is 2.30. The smallest absolute Gasteiger partial charge is 0.128 e. The second-order valence-electron chi connectivity index (χ2n) is 7.08. The molecule has 1 N–H and O–H groups in total. The number of piperidine rings is 1. The van der Waals surface area contributed by atoms with Crippen LogP contribution in [0.2, 0.25) is 5.02 Å². The summed E-state index contributed by atoms with van der Waals surface area (Å²) in [6, 6.07) is 18.1. The molecule has 0 aliphatic carbocycles. The molecular weight excluding hydrogens is 342 g/mol. The first kappa shape index (κ1) is 19.0. The van der Waals surface area contributed by atoms with E-state index in [0.717, 1.165) is 31.6 Å². The van der Waals surface area contributed by atoms with Crippen molar-refractivity contribution in [2.24, 2.45) is 0 Å². The Balaban J connectivity index is 1.41. The fourth-order valence-electron chi connectivity index (χ4n) is 3.34. The number of unbranched alkanes of at least 4 members (excludes halogenated alkanes) is 1. The molecule has 136 valence electrons. The van der Waals surface area contributed by atoms with Crippen molar-refractivity contribution in [2.75, 3.05) is 19.6 Å². The highest BCUT2D eigenvalue weighted by Crippen LogP contribution is 2.22. The fraction of sp³-hybridized carbons (Fsp3) is 0.391. The number of likely N-dealkylation sites (tertiary alicyclic amines) is 1. The molecule has 2 aromatic carbocycles. The van der Waals surface area contributed by atoms with Crippen LogP contribution in [0, 0.1) is 11.8 Å². The number of hydrogen-bond donors (Lipinski definition) is 1. The molecule has 0 spiro atoms. The molecular formula is C23H26ClNO. The van der Waals surface area contributed by atoms with E-state index in [0.29, 0.717) is 17.9 Å². The molecule has 0 aromatic heterocycles. The zero-order chi connectivity index (χ0) is 18.2. The van der Waals surface area contributed by atoms with Crippen molar-refractivity contribution < 1.29 is 5.11 Å². The lowest BCUT2D eigenvalue weighted by atomic mass is 9.91. The number of hydrogen-bond acceptors (Lipinski definition) is 2. The molecule has 0 bridgehead atoms. The number of rotatable bonds is 5. The van der Waals surface area contributed by atoms with Crippen molar-refractivity contribution in [3.05, 3.63) is 70.7 Å². The fourth-order valence-corrected chi connectivity index (χ4v) is 3.53. The van der Waals surface area contributed by atoms with Gasteiger partial charge in [-0.1, -0.05) is 59.8 Å². The topological polar surface area (TPSA) is 23.5 Å². The van der Waals surface area contributed by atoms with E-state index >= 15 is 0 Å². The molecule has 3 heteroatoms. The van der Waals surface area contributed by atoms with Crippen molar-refractivity contribution in [1.29, 1.82) is 0 Å². The van der Waals surface area contributed by atoms with Crippen molar-refractivity contribution in [2.45, 2.75) is 37.7 Å². The highest BCUT2D eigenvalue weighted by atomic mass is 35.5. The minimum atomic E-state index is -0.872. The molecule has 1 saturated heterocycles. The molecule has 0 amide bonds. The molecule has 1 heterocycles. The molecule has 0 atom stereocenters. The highest BCUT2D eigenvalue weighted by molar-refractivity contribution is 6.30. The van der Waals surface area contributed by atoms with Gasteiger partial charge in [0.15, 0.2) is 0 Å². The third-order valence-corrected chi connectivity index (χ3v) is 5.22. The number of benzene rings is 2. The molecule has 0 unspecified atom stereocenters. The predicted molar refractivity (Wildman–Crippen MR) is 108 cm³/mol. The van der Waals surface area contributed by atoms with Gasteiger partial charge in [-0.2, -0.15) is 0 Å². The van der Waals surface area contributed by atoms with Gasteiger partial charge in [0.1, 0.15) is 5.60 Å². The molecule has 26 heavy (non-hydrogen) atoms. The van der Waals surface area contributed by atoms with E-state index in [-0.39, 0.29) is 0 Å². The van der Waals surface area contributed by atoms with E-state index in [1.807, 2.05) is 24.3 Å². The van der Waals surface area contributed by atoms with E-state index in [2.05, 4.69) is 47.1 Å². The molecule has 1 aliphatic rings. The van der Waals surface area contributed by atoms with E-state index in [1.165, 1.54) is 18.4 Å². The minimum Gasteiger partial charge on any atom is -0.377 e. The molecule has 1 aliphatic heterocycles. The van der Waals surface area contributed by atoms with E-state index in [4.69, 9.17) is 11.6 Å². The summed E-state index contributed by atoms with van der Waals surface area (Å²) in [7, 11) is 0. The van der Waals surface area contributed by atoms with Crippen LogP contribution >= 0.6 is 11.6 Å². The van der Waals surface area contributed by atoms with Crippen LogP contribution in [0.15, 0.2) is 54.6 Å². The number of nitrogens with zero attached hydrogens (tertiary/aromatic N) is 1. The summed E-state index contributed by atoms with van der Waals surface area (Å²) in [5.74, 6) is 6.15. The maximum Gasteiger partial charge on any atom is 0.128 e. The van der Waals surface area contributed by atoms with Gasteiger partial charge in [0.25, 0.3) is 0 Å². The summed E-state index contributed by atoms with van der Waals surface area (Å²) >= 11 is 5.98. The third-order valence-electron chi connectivity index (χ3n) is 4.98. The lowest BCUT2D eigenvalue weighted by Crippen LogP contribution is -2.43. The Kier molecular flexibility index (Phi) is 6.74. The van der Waals surface area contributed by atoms with Gasteiger partial charge in [-0.3, -0.25) is 0 Å². The average molecular weight is 368 g/mol. The molecule has 0 saturated carbocycles. The summed E-state index contributed by atoms with van der Waals surface area (Å²) in [6.07, 6.45) is 4.96. The maximum absolute atomic E-state index is 10.7. The Bertz CT molecular complexity index is 755. The summed E-state index contributed by atoms with van der Waals surface area (Å²) in [4.78, 5) is 2.44. The first-order chi connectivity index (χ1) is 12.6. The van der Waals surface area contributed by atoms with Crippen molar-refractivity contribution in [1.82, 2.24) is 4.90 Å². The van der Waals surface area contributed by atoms with Gasteiger partial charge >= 0.3 is 0 Å². The van der Waals surface area contributed by atoms with Crippen LogP contribution in [0.5, 0.6) is 0 Å². The Hall–Kier alpha value is -1.79. The number of aliphatic hydroxyl groups is 1. The van der Waals surface area contributed by atoms with Gasteiger partial charge < -0.3 is 10.0 Å². The van der Waals surface area contributed by atoms with Crippen LogP contribution < -0.4 is 0 Å².